The second-order valence-corrected chi connectivity index (χ2v) is 10.3. The molecule has 0 atom stereocenters. The lowest BCUT2D eigenvalue weighted by Crippen LogP contribution is -2.02. The Morgan fingerprint density at radius 1 is 1.33 bits per heavy atom. The Morgan fingerprint density at radius 2 is 1.89 bits per heavy atom. The Labute approximate surface area is 70.9 Å². The fraction of sp³-hybridized carbons (Fsp3) is 0.600. The third kappa shape index (κ3) is 8.83. The van der Waals surface area contributed by atoms with Crippen LogP contribution >= 0.6 is 33.2 Å². The van der Waals surface area contributed by atoms with E-state index >= 15 is 0 Å². The fourth-order valence-electron chi connectivity index (χ4n) is 0.384. The van der Waals surface area contributed by atoms with Gasteiger partial charge in [0.05, 0.1) is 0 Å². The van der Waals surface area contributed by atoms with Crippen molar-refractivity contribution in [1.29, 1.82) is 0 Å². The normalized spacial score (nSPS) is 12.9. The number of allylic oxidation sites excluding steroid dienone is 1. The second-order valence-electron chi connectivity index (χ2n) is 1.73. The predicted molar refractivity (Wildman–Crippen MR) is 47.4 cm³/mol. The van der Waals surface area contributed by atoms with Crippen LogP contribution in [0.3, 0.4) is 0 Å². The van der Waals surface area contributed by atoms with Crippen molar-refractivity contribution in [1.82, 2.24) is 0 Å². The first kappa shape index (κ1) is 9.83. The van der Waals surface area contributed by atoms with Crippen molar-refractivity contribution in [2.24, 2.45) is 0 Å². The van der Waals surface area contributed by atoms with Crippen LogP contribution in [0.1, 0.15) is 19.8 Å². The fourth-order valence-corrected chi connectivity index (χ4v) is 1.62. The van der Waals surface area contributed by atoms with Crippen LogP contribution in [0.25, 0.3) is 0 Å². The van der Waals surface area contributed by atoms with Gasteiger partial charge < -0.3 is 0 Å². The van der Waals surface area contributed by atoms with Crippen LogP contribution in [0.5, 0.6) is 0 Å². The van der Waals surface area contributed by atoms with Gasteiger partial charge in [-0.05, 0) is 6.42 Å². The van der Waals surface area contributed by atoms with Crippen LogP contribution in [0.2, 0.25) is 0 Å². The van der Waals surface area contributed by atoms with Gasteiger partial charge >= 0.3 is 6.00 Å². The van der Waals surface area contributed by atoms with E-state index in [1.165, 1.54) is 0 Å². The van der Waals surface area contributed by atoms with Gasteiger partial charge in [-0.25, -0.2) is 0 Å². The van der Waals surface area contributed by atoms with E-state index in [4.69, 9.17) is 33.2 Å². The van der Waals surface area contributed by atoms with E-state index < -0.39 is 6.00 Å². The molecule has 0 nitrogen and oxygen atoms in total. The molecule has 9 heavy (non-hydrogen) atoms. The Kier molecular flexibility index (Phi) is 5.04. The molecule has 0 aromatic rings. The van der Waals surface area contributed by atoms with Crippen LogP contribution in [0.15, 0.2) is 11.8 Å². The zero-order valence-electron chi connectivity index (χ0n) is 5.20. The highest BCUT2D eigenvalue weighted by molar-refractivity contribution is 7.66. The van der Waals surface area contributed by atoms with Gasteiger partial charge in [0.1, 0.15) is 0 Å². The van der Waals surface area contributed by atoms with Gasteiger partial charge in [0.2, 0.25) is 0 Å². The smallest absolute Gasteiger partial charge is 0.121 e. The third-order valence-corrected chi connectivity index (χ3v) is 2.51. The van der Waals surface area contributed by atoms with Crippen molar-refractivity contribution in [2.75, 3.05) is 0 Å². The van der Waals surface area contributed by atoms with Gasteiger partial charge in [-0.3, -0.25) is 0 Å². The first-order chi connectivity index (χ1) is 4.06. The second kappa shape index (κ2) is 4.61. The number of unbranched alkanes of at least 4 members (excludes halogenated alkanes) is 1. The van der Waals surface area contributed by atoms with Gasteiger partial charge in [0.25, 0.3) is 0 Å². The molecule has 0 aromatic carbocycles. The molecule has 0 unspecified atom stereocenters. The lowest BCUT2D eigenvalue weighted by atomic mass is 10.3. The van der Waals surface area contributed by atoms with Crippen molar-refractivity contribution in [3.8, 4) is 0 Å². The van der Waals surface area contributed by atoms with Crippen LogP contribution in [0, 0.1) is 0 Å². The molecule has 0 rings (SSSR count). The zero-order valence-corrected chi connectivity index (χ0v) is 8.47. The maximum absolute atomic E-state index is 5.55. The quantitative estimate of drug-likeness (QED) is 0.486. The van der Waals surface area contributed by atoms with E-state index in [9.17, 15) is 0 Å². The molecule has 0 fully saturated rings. The Balaban J connectivity index is 3.45. The van der Waals surface area contributed by atoms with E-state index in [0.717, 1.165) is 12.8 Å². The number of hydrogen-bond donors (Lipinski definition) is 0. The minimum absolute atomic E-state index is 1.00. The summed E-state index contributed by atoms with van der Waals surface area (Å²) in [6.45, 7) is 2.09. The number of hydrogen-bond acceptors (Lipinski definition) is 0. The summed E-state index contributed by atoms with van der Waals surface area (Å²) in [6.07, 6.45) is 4.03. The van der Waals surface area contributed by atoms with Gasteiger partial charge in [0.15, 0.2) is 0 Å². The molecule has 0 saturated carbocycles. The molecule has 0 N–H and O–H groups in total. The molecule has 0 amide bonds. The number of rotatable bonds is 3. The first-order valence-electron chi connectivity index (χ1n) is 2.80. The molecule has 0 aliphatic heterocycles. The van der Waals surface area contributed by atoms with Crippen molar-refractivity contribution >= 4 is 39.2 Å². The highest BCUT2D eigenvalue weighted by Crippen LogP contribution is 2.20. The summed E-state index contributed by atoms with van der Waals surface area (Å²) in [5.74, 6) is 0. The topological polar surface area (TPSA) is 0 Å². The van der Waals surface area contributed by atoms with E-state index in [2.05, 4.69) is 6.92 Å². The molecule has 0 heterocycles. The van der Waals surface area contributed by atoms with E-state index in [-0.39, 0.29) is 0 Å². The van der Waals surface area contributed by atoms with Crippen molar-refractivity contribution in [3.63, 3.8) is 0 Å². The Bertz CT molecular complexity index is 94.9. The lowest BCUT2D eigenvalue weighted by Gasteiger charge is -1.96. The minimum Gasteiger partial charge on any atom is -0.121 e. The maximum atomic E-state index is 5.55. The van der Waals surface area contributed by atoms with Crippen LogP contribution in [-0.2, 0) is 0 Å². The average Bonchev–Trinajstić information content (AvgIpc) is 1.63. The van der Waals surface area contributed by atoms with Crippen molar-refractivity contribution in [2.45, 2.75) is 19.8 Å². The summed E-state index contributed by atoms with van der Waals surface area (Å²) in [5.41, 5.74) is 1.71. The number of halogens is 3. The summed E-state index contributed by atoms with van der Waals surface area (Å²) < 4.78 is 0. The summed E-state index contributed by atoms with van der Waals surface area (Å²) in [5, 5.41) is 0. The lowest BCUT2D eigenvalue weighted by molar-refractivity contribution is 0.960. The summed E-state index contributed by atoms with van der Waals surface area (Å²) in [4.78, 5) is 0. The Morgan fingerprint density at radius 3 is 2.22 bits per heavy atom. The van der Waals surface area contributed by atoms with Gasteiger partial charge in [-0.1, -0.05) is 25.1 Å². The molecule has 0 bridgehead atoms. The van der Waals surface area contributed by atoms with Crippen LogP contribution in [0.4, 0.5) is 0 Å². The van der Waals surface area contributed by atoms with Crippen molar-refractivity contribution < 1.29 is 0 Å². The standard InChI is InChI=1S/C5H9Cl3Si/c1-2-3-4-5-9(6,7)8/h4-5H,2-3H2,1H3/b5-4+. The monoisotopic (exact) mass is 202 g/mol. The summed E-state index contributed by atoms with van der Waals surface area (Å²) >= 11 is 16.7. The van der Waals surface area contributed by atoms with Crippen LogP contribution in [-0.4, -0.2) is 6.00 Å². The SMILES string of the molecule is CCC/C=C/[Si](Cl)(Cl)Cl. The van der Waals surface area contributed by atoms with E-state index in [1.807, 2.05) is 6.08 Å². The van der Waals surface area contributed by atoms with Gasteiger partial charge in [-0.2, -0.15) is 0 Å². The molecule has 54 valence electrons. The molecule has 0 aliphatic rings. The largest absolute Gasteiger partial charge is 0.365 e. The molecule has 0 spiro atoms. The molecule has 0 aliphatic carbocycles. The highest BCUT2D eigenvalue weighted by atomic mass is 35.8. The first-order valence-corrected chi connectivity index (χ1v) is 7.92. The van der Waals surface area contributed by atoms with E-state index in [0.29, 0.717) is 0 Å². The summed E-state index contributed by atoms with van der Waals surface area (Å²) in [7, 11) is 0. The molecule has 0 radical (unpaired) electrons. The zero-order chi connectivity index (χ0) is 7.33. The van der Waals surface area contributed by atoms with Crippen LogP contribution < -0.4 is 0 Å². The third-order valence-electron chi connectivity index (χ3n) is 0.762. The summed E-state index contributed by atoms with van der Waals surface area (Å²) in [6, 6.07) is -2.46. The molecule has 4 heteroatoms. The van der Waals surface area contributed by atoms with Gasteiger partial charge in [-0.15, -0.1) is 33.2 Å². The van der Waals surface area contributed by atoms with Gasteiger partial charge in [0, 0.05) is 0 Å². The minimum atomic E-state index is -2.46. The predicted octanol–water partition coefficient (Wildman–Crippen LogP) is 3.54. The molecule has 0 aromatic heterocycles. The highest BCUT2D eigenvalue weighted by Gasteiger charge is 2.19. The Hall–Kier alpha value is 0.827. The molecular formula is C5H9Cl3Si. The van der Waals surface area contributed by atoms with Crippen molar-refractivity contribution in [3.05, 3.63) is 11.8 Å². The van der Waals surface area contributed by atoms with E-state index in [1.54, 1.807) is 5.70 Å². The average molecular weight is 204 g/mol. The molecular weight excluding hydrogens is 194 g/mol. The molecule has 0 saturated heterocycles. The maximum Gasteiger partial charge on any atom is 0.365 e.